The first-order chi connectivity index (χ1) is 13.4. The highest BCUT2D eigenvalue weighted by atomic mass is 16.6. The number of carbonyl (C=O) groups excluding carboxylic acids is 1. The Balaban J connectivity index is 1.72. The first kappa shape index (κ1) is 19.5. The molecule has 0 saturated carbocycles. The SMILES string of the molecule is Cc1ccc(Oc2coc3cc(OCC(=O)OCC(C)C)ccc3c2=O)cc1. The molecule has 0 fully saturated rings. The van der Waals surface area contributed by atoms with E-state index in [9.17, 15) is 9.59 Å². The zero-order valence-electron chi connectivity index (χ0n) is 16.1. The minimum atomic E-state index is -0.447. The predicted octanol–water partition coefficient (Wildman–Crippen LogP) is 4.47. The molecule has 3 rings (SSSR count). The predicted molar refractivity (Wildman–Crippen MR) is 105 cm³/mol. The molecule has 0 bridgehead atoms. The quantitative estimate of drug-likeness (QED) is 0.561. The van der Waals surface area contributed by atoms with E-state index in [1.54, 1.807) is 30.3 Å². The maximum atomic E-state index is 12.6. The van der Waals surface area contributed by atoms with E-state index >= 15 is 0 Å². The van der Waals surface area contributed by atoms with Crippen LogP contribution in [0, 0.1) is 12.8 Å². The number of rotatable bonds is 7. The minimum Gasteiger partial charge on any atom is -0.482 e. The number of carbonyl (C=O) groups is 1. The van der Waals surface area contributed by atoms with Gasteiger partial charge in [-0.25, -0.2) is 4.79 Å². The van der Waals surface area contributed by atoms with E-state index < -0.39 is 5.97 Å². The van der Waals surface area contributed by atoms with Gasteiger partial charge in [-0.3, -0.25) is 4.79 Å². The summed E-state index contributed by atoms with van der Waals surface area (Å²) in [6.07, 6.45) is 1.27. The van der Waals surface area contributed by atoms with Gasteiger partial charge in [0.05, 0.1) is 12.0 Å². The third kappa shape index (κ3) is 4.91. The number of benzene rings is 2. The molecule has 0 atom stereocenters. The molecule has 0 spiro atoms. The van der Waals surface area contributed by atoms with Crippen LogP contribution in [0.2, 0.25) is 0 Å². The molecule has 146 valence electrons. The largest absolute Gasteiger partial charge is 0.482 e. The molecule has 2 aromatic carbocycles. The second-order valence-corrected chi connectivity index (χ2v) is 6.87. The Morgan fingerprint density at radius 3 is 2.50 bits per heavy atom. The third-order valence-electron chi connectivity index (χ3n) is 3.90. The molecule has 3 aromatic rings. The Kier molecular flexibility index (Phi) is 5.99. The van der Waals surface area contributed by atoms with E-state index in [2.05, 4.69) is 0 Å². The van der Waals surface area contributed by atoms with E-state index in [0.29, 0.717) is 29.1 Å². The van der Waals surface area contributed by atoms with Gasteiger partial charge >= 0.3 is 5.97 Å². The van der Waals surface area contributed by atoms with E-state index in [-0.39, 0.29) is 23.7 Å². The fourth-order valence-electron chi connectivity index (χ4n) is 2.43. The van der Waals surface area contributed by atoms with Crippen LogP contribution in [-0.4, -0.2) is 19.2 Å². The van der Waals surface area contributed by atoms with Gasteiger partial charge in [0.2, 0.25) is 11.2 Å². The van der Waals surface area contributed by atoms with Crippen molar-refractivity contribution in [1.29, 1.82) is 0 Å². The fraction of sp³-hybridized carbons (Fsp3) is 0.273. The molecule has 0 unspecified atom stereocenters. The summed E-state index contributed by atoms with van der Waals surface area (Å²) in [5, 5.41) is 0.361. The van der Waals surface area contributed by atoms with Crippen LogP contribution in [0.15, 0.2) is 57.9 Å². The van der Waals surface area contributed by atoms with Gasteiger partial charge in [0.25, 0.3) is 0 Å². The van der Waals surface area contributed by atoms with Gasteiger partial charge in [-0.2, -0.15) is 0 Å². The number of aryl methyl sites for hydroxylation is 1. The lowest BCUT2D eigenvalue weighted by atomic mass is 10.2. The molecule has 0 N–H and O–H groups in total. The first-order valence-corrected chi connectivity index (χ1v) is 9.01. The summed E-state index contributed by atoms with van der Waals surface area (Å²) in [7, 11) is 0. The summed E-state index contributed by atoms with van der Waals surface area (Å²) in [5.41, 5.74) is 1.15. The van der Waals surface area contributed by atoms with E-state index in [1.807, 2.05) is 32.9 Å². The highest BCUT2D eigenvalue weighted by Crippen LogP contribution is 2.24. The lowest BCUT2D eigenvalue weighted by Crippen LogP contribution is -2.17. The minimum absolute atomic E-state index is 0.0993. The Morgan fingerprint density at radius 2 is 1.79 bits per heavy atom. The highest BCUT2D eigenvalue weighted by Gasteiger charge is 2.11. The lowest BCUT2D eigenvalue weighted by Gasteiger charge is -2.09. The number of hydrogen-bond donors (Lipinski definition) is 0. The molecule has 6 nitrogen and oxygen atoms in total. The Morgan fingerprint density at radius 1 is 1.07 bits per heavy atom. The Hall–Kier alpha value is -3.28. The standard InChI is InChI=1S/C22H22O6/c1-14(2)11-27-21(23)13-25-17-8-9-18-19(10-17)26-12-20(22(18)24)28-16-6-4-15(3)5-7-16/h4-10,12,14H,11,13H2,1-3H3. The van der Waals surface area contributed by atoms with Crippen molar-refractivity contribution in [2.75, 3.05) is 13.2 Å². The van der Waals surface area contributed by atoms with Gasteiger partial charge in [0.1, 0.15) is 23.3 Å². The summed E-state index contributed by atoms with van der Waals surface area (Å²) < 4.78 is 21.6. The summed E-state index contributed by atoms with van der Waals surface area (Å²) in [4.78, 5) is 24.3. The van der Waals surface area contributed by atoms with Crippen molar-refractivity contribution in [1.82, 2.24) is 0 Å². The van der Waals surface area contributed by atoms with Gasteiger partial charge in [-0.1, -0.05) is 31.5 Å². The van der Waals surface area contributed by atoms with Gasteiger partial charge in [0, 0.05) is 6.07 Å². The highest BCUT2D eigenvalue weighted by molar-refractivity contribution is 5.79. The molecular weight excluding hydrogens is 360 g/mol. The molecule has 0 aliphatic heterocycles. The normalized spacial score (nSPS) is 10.9. The second-order valence-electron chi connectivity index (χ2n) is 6.87. The molecular formula is C22H22O6. The van der Waals surface area contributed by atoms with Crippen LogP contribution >= 0.6 is 0 Å². The van der Waals surface area contributed by atoms with Crippen molar-refractivity contribution in [3.05, 3.63) is 64.5 Å². The second kappa shape index (κ2) is 8.61. The average molecular weight is 382 g/mol. The molecule has 1 aromatic heterocycles. The first-order valence-electron chi connectivity index (χ1n) is 9.01. The van der Waals surface area contributed by atoms with Crippen LogP contribution in [0.4, 0.5) is 0 Å². The van der Waals surface area contributed by atoms with Crippen molar-refractivity contribution in [2.24, 2.45) is 5.92 Å². The van der Waals surface area contributed by atoms with Crippen molar-refractivity contribution < 1.29 is 23.4 Å². The molecule has 0 radical (unpaired) electrons. The van der Waals surface area contributed by atoms with Crippen molar-refractivity contribution in [3.63, 3.8) is 0 Å². The number of fused-ring (bicyclic) bond motifs is 1. The van der Waals surface area contributed by atoms with Crippen LogP contribution in [-0.2, 0) is 9.53 Å². The maximum absolute atomic E-state index is 12.6. The van der Waals surface area contributed by atoms with E-state index in [1.165, 1.54) is 6.26 Å². The average Bonchev–Trinajstić information content (AvgIpc) is 2.68. The van der Waals surface area contributed by atoms with E-state index in [0.717, 1.165) is 5.56 Å². The summed E-state index contributed by atoms with van der Waals surface area (Å²) in [6, 6.07) is 12.1. The molecule has 0 amide bonds. The summed E-state index contributed by atoms with van der Waals surface area (Å²) in [6.45, 7) is 6.01. The smallest absolute Gasteiger partial charge is 0.344 e. The number of esters is 1. The van der Waals surface area contributed by atoms with Crippen LogP contribution < -0.4 is 14.9 Å². The molecule has 0 saturated heterocycles. The van der Waals surface area contributed by atoms with E-state index in [4.69, 9.17) is 18.6 Å². The van der Waals surface area contributed by atoms with Crippen molar-refractivity contribution >= 4 is 16.9 Å². The number of ether oxygens (including phenoxy) is 3. The molecule has 0 aliphatic rings. The zero-order valence-corrected chi connectivity index (χ0v) is 16.1. The number of hydrogen-bond acceptors (Lipinski definition) is 6. The topological polar surface area (TPSA) is 75.0 Å². The Bertz CT molecular complexity index is 1020. The molecule has 1 heterocycles. The fourth-order valence-corrected chi connectivity index (χ4v) is 2.43. The third-order valence-corrected chi connectivity index (χ3v) is 3.90. The monoisotopic (exact) mass is 382 g/mol. The van der Waals surface area contributed by atoms with Crippen molar-refractivity contribution in [3.8, 4) is 17.2 Å². The maximum Gasteiger partial charge on any atom is 0.344 e. The van der Waals surface area contributed by atoms with Crippen LogP contribution in [0.25, 0.3) is 11.0 Å². The molecule has 28 heavy (non-hydrogen) atoms. The van der Waals surface area contributed by atoms with Gasteiger partial charge in [-0.05, 0) is 37.1 Å². The van der Waals surface area contributed by atoms with Gasteiger partial charge in [-0.15, -0.1) is 0 Å². The van der Waals surface area contributed by atoms with Gasteiger partial charge in [0.15, 0.2) is 6.61 Å². The molecule has 0 aliphatic carbocycles. The molecule has 6 heteroatoms. The lowest BCUT2D eigenvalue weighted by molar-refractivity contribution is -0.147. The van der Waals surface area contributed by atoms with Crippen molar-refractivity contribution in [2.45, 2.75) is 20.8 Å². The van der Waals surface area contributed by atoms with Crippen LogP contribution in [0.5, 0.6) is 17.2 Å². The summed E-state index contributed by atoms with van der Waals surface area (Å²) >= 11 is 0. The van der Waals surface area contributed by atoms with Gasteiger partial charge < -0.3 is 18.6 Å². The summed E-state index contributed by atoms with van der Waals surface area (Å²) in [5.74, 6) is 0.871. The van der Waals surface area contributed by atoms with Crippen LogP contribution in [0.3, 0.4) is 0 Å². The Labute approximate surface area is 162 Å². The zero-order chi connectivity index (χ0) is 20.1. The van der Waals surface area contributed by atoms with Crippen LogP contribution in [0.1, 0.15) is 19.4 Å².